The van der Waals surface area contributed by atoms with E-state index in [9.17, 15) is 9.59 Å². The molecule has 0 fully saturated rings. The van der Waals surface area contributed by atoms with Crippen molar-refractivity contribution < 1.29 is 14.3 Å². The van der Waals surface area contributed by atoms with Crippen LogP contribution in [0.5, 0.6) is 5.75 Å². The maximum absolute atomic E-state index is 12.3. The Bertz CT molecular complexity index is 907. The second-order valence-corrected chi connectivity index (χ2v) is 5.63. The van der Waals surface area contributed by atoms with E-state index in [0.717, 1.165) is 5.69 Å². The lowest BCUT2D eigenvalue weighted by Crippen LogP contribution is -2.30. The Morgan fingerprint density at radius 1 is 1.15 bits per heavy atom. The fourth-order valence-corrected chi connectivity index (χ4v) is 2.27. The molecular weight excluding hydrogens is 334 g/mol. The number of ketones is 1. The van der Waals surface area contributed by atoms with Crippen LogP contribution in [-0.4, -0.2) is 38.0 Å². The highest BCUT2D eigenvalue weighted by Crippen LogP contribution is 2.17. The highest BCUT2D eigenvalue weighted by Gasteiger charge is 2.15. The molecule has 0 saturated carbocycles. The fourth-order valence-electron chi connectivity index (χ4n) is 2.27. The van der Waals surface area contributed by atoms with Crippen molar-refractivity contribution in [3.8, 4) is 11.4 Å². The molecule has 0 aliphatic rings. The topological polar surface area (TPSA) is 99.0 Å². The van der Waals surface area contributed by atoms with Crippen LogP contribution in [-0.2, 0) is 4.79 Å². The summed E-state index contributed by atoms with van der Waals surface area (Å²) in [5.74, 6) is 0.172. The molecular formula is C18H17N5O3. The number of nitrogens with zero attached hydrogens (tertiary/aromatic N) is 4. The van der Waals surface area contributed by atoms with Crippen LogP contribution in [0.2, 0.25) is 0 Å². The van der Waals surface area contributed by atoms with Gasteiger partial charge in [0.15, 0.2) is 11.9 Å². The van der Waals surface area contributed by atoms with Gasteiger partial charge in [-0.15, -0.1) is 5.10 Å². The summed E-state index contributed by atoms with van der Waals surface area (Å²) in [6, 6.07) is 13.8. The Kier molecular flexibility index (Phi) is 5.02. The Morgan fingerprint density at radius 2 is 1.92 bits per heavy atom. The molecule has 1 atom stereocenters. The third-order valence-electron chi connectivity index (χ3n) is 3.67. The third kappa shape index (κ3) is 4.10. The Labute approximate surface area is 149 Å². The van der Waals surface area contributed by atoms with Gasteiger partial charge in [-0.1, -0.05) is 12.1 Å². The lowest BCUT2D eigenvalue weighted by atomic mass is 10.1. The lowest BCUT2D eigenvalue weighted by Gasteiger charge is -2.15. The number of carbonyl (C=O) groups is 2. The molecule has 26 heavy (non-hydrogen) atoms. The van der Waals surface area contributed by atoms with Crippen molar-refractivity contribution in [1.82, 2.24) is 20.2 Å². The summed E-state index contributed by atoms with van der Waals surface area (Å²) < 4.78 is 7.17. The van der Waals surface area contributed by atoms with Crippen molar-refractivity contribution in [2.75, 3.05) is 5.32 Å². The van der Waals surface area contributed by atoms with Crippen LogP contribution >= 0.6 is 0 Å². The first-order valence-corrected chi connectivity index (χ1v) is 7.95. The minimum Gasteiger partial charge on any atom is -0.481 e. The molecule has 0 spiro atoms. The molecule has 1 heterocycles. The summed E-state index contributed by atoms with van der Waals surface area (Å²) in [6.07, 6.45) is 0.774. The molecule has 0 aliphatic carbocycles. The number of hydrogen-bond acceptors (Lipinski definition) is 6. The summed E-state index contributed by atoms with van der Waals surface area (Å²) in [7, 11) is 0. The fraction of sp³-hybridized carbons (Fsp3) is 0.167. The number of ether oxygens (including phenoxy) is 1. The van der Waals surface area contributed by atoms with Crippen LogP contribution in [0.1, 0.15) is 24.2 Å². The summed E-state index contributed by atoms with van der Waals surface area (Å²) in [5.41, 5.74) is 1.86. The number of amides is 1. The van der Waals surface area contributed by atoms with Crippen LogP contribution in [0.25, 0.3) is 5.69 Å². The standard InChI is InChI=1S/C18H17N5O3/c1-12(24)14-4-3-5-15(10-14)20-18(25)13(2)26-17-8-6-16(7-9-17)23-11-19-21-22-23/h3-11,13H,1-2H3,(H,20,25). The maximum atomic E-state index is 12.3. The van der Waals surface area contributed by atoms with Crippen molar-refractivity contribution in [3.05, 3.63) is 60.4 Å². The van der Waals surface area contributed by atoms with Crippen LogP contribution in [0, 0.1) is 0 Å². The smallest absolute Gasteiger partial charge is 0.265 e. The SMILES string of the molecule is CC(=O)c1cccc(NC(=O)C(C)Oc2ccc(-n3cnnn3)cc2)c1. The first kappa shape index (κ1) is 17.3. The zero-order valence-corrected chi connectivity index (χ0v) is 14.3. The van der Waals surface area contributed by atoms with E-state index in [1.54, 1.807) is 55.5 Å². The van der Waals surface area contributed by atoms with Crippen molar-refractivity contribution >= 4 is 17.4 Å². The monoisotopic (exact) mass is 351 g/mol. The first-order chi connectivity index (χ1) is 12.5. The molecule has 0 radical (unpaired) electrons. The van der Waals surface area contributed by atoms with Crippen LogP contribution in [0.15, 0.2) is 54.9 Å². The summed E-state index contributed by atoms with van der Waals surface area (Å²) in [4.78, 5) is 23.7. The van der Waals surface area contributed by atoms with E-state index >= 15 is 0 Å². The van der Waals surface area contributed by atoms with Gasteiger partial charge in [-0.25, -0.2) is 4.68 Å². The van der Waals surface area contributed by atoms with Gasteiger partial charge in [0.05, 0.1) is 5.69 Å². The number of Topliss-reactive ketones (excluding diaryl/α,β-unsaturated/α-hetero) is 1. The lowest BCUT2D eigenvalue weighted by molar-refractivity contribution is -0.122. The van der Waals surface area contributed by atoms with E-state index in [4.69, 9.17) is 4.74 Å². The van der Waals surface area contributed by atoms with Crippen molar-refractivity contribution in [2.45, 2.75) is 20.0 Å². The van der Waals surface area contributed by atoms with Gasteiger partial charge in [-0.05, 0) is 60.7 Å². The molecule has 3 rings (SSSR count). The molecule has 1 N–H and O–H groups in total. The van der Waals surface area contributed by atoms with Crippen molar-refractivity contribution in [1.29, 1.82) is 0 Å². The van der Waals surface area contributed by atoms with Gasteiger partial charge in [0.25, 0.3) is 5.91 Å². The highest BCUT2D eigenvalue weighted by molar-refractivity contribution is 5.98. The summed E-state index contributed by atoms with van der Waals surface area (Å²) in [5, 5.41) is 13.7. The number of benzene rings is 2. The maximum Gasteiger partial charge on any atom is 0.265 e. The predicted octanol–water partition coefficient (Wildman–Crippen LogP) is 2.27. The molecule has 8 nitrogen and oxygen atoms in total. The minimum absolute atomic E-state index is 0.0620. The minimum atomic E-state index is -0.713. The van der Waals surface area contributed by atoms with Gasteiger partial charge in [-0.2, -0.15) is 0 Å². The average Bonchev–Trinajstić information content (AvgIpc) is 3.17. The molecule has 1 unspecified atom stereocenters. The zero-order valence-electron chi connectivity index (χ0n) is 14.3. The summed E-state index contributed by atoms with van der Waals surface area (Å²) in [6.45, 7) is 3.13. The van der Waals surface area contributed by atoms with Crippen LogP contribution in [0.4, 0.5) is 5.69 Å². The molecule has 0 bridgehead atoms. The number of nitrogens with one attached hydrogen (secondary N) is 1. The average molecular weight is 351 g/mol. The Balaban J connectivity index is 1.62. The number of tetrazole rings is 1. The van der Waals surface area contributed by atoms with E-state index in [1.165, 1.54) is 17.9 Å². The van der Waals surface area contributed by atoms with E-state index in [-0.39, 0.29) is 11.7 Å². The first-order valence-electron chi connectivity index (χ1n) is 7.95. The van der Waals surface area contributed by atoms with E-state index < -0.39 is 6.10 Å². The largest absolute Gasteiger partial charge is 0.481 e. The molecule has 1 amide bonds. The highest BCUT2D eigenvalue weighted by atomic mass is 16.5. The van der Waals surface area contributed by atoms with Crippen LogP contribution < -0.4 is 10.1 Å². The van der Waals surface area contributed by atoms with Gasteiger partial charge in [0, 0.05) is 11.3 Å². The van der Waals surface area contributed by atoms with Gasteiger partial charge < -0.3 is 10.1 Å². The summed E-state index contributed by atoms with van der Waals surface area (Å²) >= 11 is 0. The Hall–Kier alpha value is -3.55. The predicted molar refractivity (Wildman–Crippen MR) is 94.3 cm³/mol. The Morgan fingerprint density at radius 3 is 2.58 bits per heavy atom. The number of rotatable bonds is 6. The molecule has 1 aromatic heterocycles. The van der Waals surface area contributed by atoms with Gasteiger partial charge in [0.2, 0.25) is 0 Å². The molecule has 132 valence electrons. The van der Waals surface area contributed by atoms with Crippen LogP contribution in [0.3, 0.4) is 0 Å². The molecule has 0 aliphatic heterocycles. The van der Waals surface area contributed by atoms with E-state index in [0.29, 0.717) is 17.0 Å². The number of aromatic nitrogens is 4. The molecule has 2 aromatic carbocycles. The molecule has 3 aromatic rings. The van der Waals surface area contributed by atoms with E-state index in [2.05, 4.69) is 20.8 Å². The second-order valence-electron chi connectivity index (χ2n) is 5.63. The normalized spacial score (nSPS) is 11.6. The van der Waals surface area contributed by atoms with E-state index in [1.807, 2.05) is 0 Å². The van der Waals surface area contributed by atoms with Gasteiger partial charge in [0.1, 0.15) is 12.1 Å². The quantitative estimate of drug-likeness (QED) is 0.684. The number of hydrogen-bond donors (Lipinski definition) is 1. The molecule has 8 heteroatoms. The van der Waals surface area contributed by atoms with Crippen molar-refractivity contribution in [3.63, 3.8) is 0 Å². The second kappa shape index (κ2) is 7.56. The third-order valence-corrected chi connectivity index (χ3v) is 3.67. The number of anilines is 1. The van der Waals surface area contributed by atoms with Gasteiger partial charge >= 0.3 is 0 Å². The van der Waals surface area contributed by atoms with Crippen molar-refractivity contribution in [2.24, 2.45) is 0 Å². The number of carbonyl (C=O) groups excluding carboxylic acids is 2. The van der Waals surface area contributed by atoms with Gasteiger partial charge in [-0.3, -0.25) is 9.59 Å². The zero-order chi connectivity index (χ0) is 18.5. The molecule has 0 saturated heterocycles.